The van der Waals surface area contributed by atoms with Gasteiger partial charge in [-0.25, -0.2) is 4.31 Å². The van der Waals surface area contributed by atoms with E-state index in [1.54, 1.807) is 11.9 Å². The Morgan fingerprint density at radius 3 is 2.82 bits per heavy atom. The lowest BCUT2D eigenvalue weighted by atomic mass is 10.1. The number of ether oxygens (including phenoxy) is 1. The van der Waals surface area contributed by atoms with Gasteiger partial charge in [0.2, 0.25) is 0 Å². The summed E-state index contributed by atoms with van der Waals surface area (Å²) in [5, 5.41) is 0. The monoisotopic (exact) mass is 251 g/mol. The maximum absolute atomic E-state index is 6.16. The summed E-state index contributed by atoms with van der Waals surface area (Å²) in [6, 6.07) is 4.35. The summed E-state index contributed by atoms with van der Waals surface area (Å²) in [5.74, 6) is 0. The van der Waals surface area contributed by atoms with Gasteiger partial charge in [0.1, 0.15) is 0 Å². The van der Waals surface area contributed by atoms with Crippen LogP contribution in [-0.2, 0) is 11.3 Å². The zero-order valence-corrected chi connectivity index (χ0v) is 10.8. The molecule has 2 aliphatic heterocycles. The number of nitrogens with two attached hydrogens (primary N) is 1. The van der Waals surface area contributed by atoms with E-state index in [0.29, 0.717) is 0 Å². The van der Waals surface area contributed by atoms with Gasteiger partial charge in [0, 0.05) is 24.5 Å². The van der Waals surface area contributed by atoms with E-state index in [2.05, 4.69) is 28.4 Å². The van der Waals surface area contributed by atoms with Crippen molar-refractivity contribution in [1.82, 2.24) is 4.31 Å². The van der Waals surface area contributed by atoms with Crippen molar-refractivity contribution in [1.29, 1.82) is 0 Å². The molecule has 0 bridgehead atoms. The molecule has 2 heterocycles. The molecule has 17 heavy (non-hydrogen) atoms. The maximum atomic E-state index is 6.16. The first kappa shape index (κ1) is 11.2. The zero-order valence-electron chi connectivity index (χ0n) is 9.98. The van der Waals surface area contributed by atoms with Crippen LogP contribution in [0.3, 0.4) is 0 Å². The number of hydrogen-bond acceptors (Lipinski definition) is 5. The van der Waals surface area contributed by atoms with Gasteiger partial charge in [-0.3, -0.25) is 0 Å². The maximum Gasteiger partial charge on any atom is 0.0642 e. The second-order valence-corrected chi connectivity index (χ2v) is 5.74. The predicted molar refractivity (Wildman–Crippen MR) is 71.2 cm³/mol. The number of fused-ring (bicyclic) bond motifs is 1. The summed E-state index contributed by atoms with van der Waals surface area (Å²) in [5.41, 5.74) is 9.55. The number of morpholine rings is 1. The molecule has 2 aliphatic rings. The Morgan fingerprint density at radius 2 is 2.06 bits per heavy atom. The molecule has 2 N–H and O–H groups in total. The fourth-order valence-corrected chi connectivity index (χ4v) is 3.30. The van der Waals surface area contributed by atoms with Gasteiger partial charge >= 0.3 is 0 Å². The summed E-state index contributed by atoms with van der Waals surface area (Å²) in [7, 11) is 2.11. The van der Waals surface area contributed by atoms with Crippen LogP contribution in [0, 0.1) is 0 Å². The van der Waals surface area contributed by atoms with Gasteiger partial charge in [0.25, 0.3) is 0 Å². The smallest absolute Gasteiger partial charge is 0.0642 e. The average molecular weight is 251 g/mol. The molecule has 4 nitrogen and oxygen atoms in total. The highest BCUT2D eigenvalue weighted by atomic mass is 32.2. The third kappa shape index (κ3) is 2.10. The number of rotatable bonds is 1. The molecule has 0 saturated carbocycles. The Kier molecular flexibility index (Phi) is 2.90. The Balaban J connectivity index is 1.92. The number of nitrogen functional groups attached to an aromatic ring is 1. The first-order chi connectivity index (χ1) is 8.24. The average Bonchev–Trinajstić information content (AvgIpc) is 2.68. The lowest BCUT2D eigenvalue weighted by molar-refractivity contribution is 0.123. The Hall–Kier alpha value is -0.910. The largest absolute Gasteiger partial charge is 0.397 e. The molecule has 1 aromatic rings. The van der Waals surface area contributed by atoms with Crippen molar-refractivity contribution in [2.45, 2.75) is 11.4 Å². The number of nitrogens with zero attached hydrogens (tertiary/aromatic N) is 2. The minimum atomic E-state index is 0.795. The Labute approximate surface area is 106 Å². The van der Waals surface area contributed by atoms with Crippen molar-refractivity contribution in [3.8, 4) is 0 Å². The molecule has 1 aromatic carbocycles. The van der Waals surface area contributed by atoms with E-state index in [9.17, 15) is 0 Å². The van der Waals surface area contributed by atoms with Gasteiger partial charge in [0.15, 0.2) is 0 Å². The van der Waals surface area contributed by atoms with Gasteiger partial charge in [0.05, 0.1) is 24.6 Å². The van der Waals surface area contributed by atoms with E-state index in [0.717, 1.165) is 44.2 Å². The van der Waals surface area contributed by atoms with Crippen LogP contribution >= 0.6 is 11.9 Å². The SMILES string of the molecule is CN1Cc2cc(N)c(N3CCOCC3)cc2S1. The van der Waals surface area contributed by atoms with Crippen LogP contribution in [0.2, 0.25) is 0 Å². The normalized spacial score (nSPS) is 20.6. The van der Waals surface area contributed by atoms with Gasteiger partial charge in [-0.2, -0.15) is 0 Å². The highest BCUT2D eigenvalue weighted by molar-refractivity contribution is 7.97. The van der Waals surface area contributed by atoms with Crippen LogP contribution in [-0.4, -0.2) is 37.7 Å². The molecule has 0 spiro atoms. The molecular weight excluding hydrogens is 234 g/mol. The summed E-state index contributed by atoms with van der Waals surface area (Å²) in [6.07, 6.45) is 0. The molecular formula is C12H17N3OS. The number of anilines is 2. The van der Waals surface area contributed by atoms with E-state index in [-0.39, 0.29) is 0 Å². The molecule has 1 saturated heterocycles. The fraction of sp³-hybridized carbons (Fsp3) is 0.500. The van der Waals surface area contributed by atoms with Crippen LogP contribution < -0.4 is 10.6 Å². The molecule has 0 unspecified atom stereocenters. The second-order valence-electron chi connectivity index (χ2n) is 4.50. The van der Waals surface area contributed by atoms with E-state index in [1.807, 2.05) is 0 Å². The van der Waals surface area contributed by atoms with Crippen molar-refractivity contribution in [2.75, 3.05) is 44.0 Å². The predicted octanol–water partition coefficient (Wildman–Crippen LogP) is 1.56. The highest BCUT2D eigenvalue weighted by Crippen LogP contribution is 2.39. The number of hydrogen-bond donors (Lipinski definition) is 1. The van der Waals surface area contributed by atoms with Crippen LogP contribution in [0.4, 0.5) is 11.4 Å². The topological polar surface area (TPSA) is 41.7 Å². The van der Waals surface area contributed by atoms with Gasteiger partial charge < -0.3 is 15.4 Å². The molecule has 0 radical (unpaired) electrons. The molecule has 92 valence electrons. The molecule has 0 atom stereocenters. The Morgan fingerprint density at radius 1 is 1.29 bits per heavy atom. The van der Waals surface area contributed by atoms with Crippen molar-refractivity contribution >= 4 is 23.3 Å². The second kappa shape index (κ2) is 4.40. The standard InChI is InChI=1S/C12H17N3OS/c1-14-8-9-6-10(13)11(7-12(9)17-14)15-2-4-16-5-3-15/h6-7H,2-5,8,13H2,1H3. The molecule has 0 amide bonds. The van der Waals surface area contributed by atoms with Crippen LogP contribution in [0.1, 0.15) is 5.56 Å². The highest BCUT2D eigenvalue weighted by Gasteiger charge is 2.21. The molecule has 0 aromatic heterocycles. The summed E-state index contributed by atoms with van der Waals surface area (Å²) in [4.78, 5) is 3.65. The molecule has 1 fully saturated rings. The lowest BCUT2D eigenvalue weighted by Crippen LogP contribution is -2.36. The third-order valence-corrected chi connectivity index (χ3v) is 4.23. The van der Waals surface area contributed by atoms with Crippen molar-refractivity contribution in [2.24, 2.45) is 0 Å². The molecule has 3 rings (SSSR count). The molecule has 0 aliphatic carbocycles. The fourth-order valence-electron chi connectivity index (χ4n) is 2.36. The van der Waals surface area contributed by atoms with Crippen LogP contribution in [0.5, 0.6) is 0 Å². The van der Waals surface area contributed by atoms with Crippen molar-refractivity contribution in [3.63, 3.8) is 0 Å². The van der Waals surface area contributed by atoms with E-state index < -0.39 is 0 Å². The number of benzene rings is 1. The summed E-state index contributed by atoms with van der Waals surface area (Å²) < 4.78 is 7.60. The van der Waals surface area contributed by atoms with Crippen molar-refractivity contribution < 1.29 is 4.74 Å². The van der Waals surface area contributed by atoms with Crippen LogP contribution in [0.15, 0.2) is 17.0 Å². The van der Waals surface area contributed by atoms with Crippen LogP contribution in [0.25, 0.3) is 0 Å². The quantitative estimate of drug-likeness (QED) is 0.606. The summed E-state index contributed by atoms with van der Waals surface area (Å²) in [6.45, 7) is 4.44. The molecule has 5 heteroatoms. The minimum absolute atomic E-state index is 0.795. The minimum Gasteiger partial charge on any atom is -0.397 e. The lowest BCUT2D eigenvalue weighted by Gasteiger charge is -2.30. The third-order valence-electron chi connectivity index (χ3n) is 3.21. The van der Waals surface area contributed by atoms with Gasteiger partial charge in [-0.05, 0) is 36.7 Å². The Bertz CT molecular complexity index is 432. The van der Waals surface area contributed by atoms with Gasteiger partial charge in [-0.15, -0.1) is 0 Å². The first-order valence-corrected chi connectivity index (χ1v) is 6.65. The van der Waals surface area contributed by atoms with Crippen molar-refractivity contribution in [3.05, 3.63) is 17.7 Å². The van der Waals surface area contributed by atoms with E-state index in [1.165, 1.54) is 10.5 Å². The zero-order chi connectivity index (χ0) is 11.8. The van der Waals surface area contributed by atoms with E-state index in [4.69, 9.17) is 10.5 Å². The van der Waals surface area contributed by atoms with Gasteiger partial charge in [-0.1, -0.05) is 0 Å². The van der Waals surface area contributed by atoms with E-state index >= 15 is 0 Å². The summed E-state index contributed by atoms with van der Waals surface area (Å²) >= 11 is 1.80. The first-order valence-electron chi connectivity index (χ1n) is 5.88.